The summed E-state index contributed by atoms with van der Waals surface area (Å²) in [6.45, 7) is 5.87. The SMILES string of the molecule is CC(C)[C@@H](N)C(=O)NCCOCC1CC1. The van der Waals surface area contributed by atoms with E-state index in [9.17, 15) is 4.79 Å². The predicted molar refractivity (Wildman–Crippen MR) is 59.4 cm³/mol. The summed E-state index contributed by atoms with van der Waals surface area (Å²) in [5, 5.41) is 2.77. The molecule has 4 nitrogen and oxygen atoms in total. The van der Waals surface area contributed by atoms with Crippen LogP contribution in [0.1, 0.15) is 26.7 Å². The zero-order chi connectivity index (χ0) is 11.3. The molecule has 0 aromatic rings. The Kier molecular flexibility index (Phi) is 5.05. The molecule has 0 unspecified atom stereocenters. The largest absolute Gasteiger partial charge is 0.379 e. The quantitative estimate of drug-likeness (QED) is 0.607. The van der Waals surface area contributed by atoms with Crippen molar-refractivity contribution in [3.8, 4) is 0 Å². The number of nitrogens with one attached hydrogen (secondary N) is 1. The monoisotopic (exact) mass is 214 g/mol. The Balaban J connectivity index is 1.95. The Hall–Kier alpha value is -0.610. The summed E-state index contributed by atoms with van der Waals surface area (Å²) in [5.74, 6) is 0.871. The maximum Gasteiger partial charge on any atom is 0.237 e. The molecule has 15 heavy (non-hydrogen) atoms. The fraction of sp³-hybridized carbons (Fsp3) is 0.909. The molecule has 0 aliphatic heterocycles. The lowest BCUT2D eigenvalue weighted by molar-refractivity contribution is -0.123. The smallest absolute Gasteiger partial charge is 0.237 e. The summed E-state index contributed by atoms with van der Waals surface area (Å²) in [4.78, 5) is 11.4. The second-order valence-corrected chi connectivity index (χ2v) is 4.58. The van der Waals surface area contributed by atoms with Crippen molar-refractivity contribution in [3.05, 3.63) is 0 Å². The van der Waals surface area contributed by atoms with Gasteiger partial charge in [-0.15, -0.1) is 0 Å². The Bertz CT molecular complexity index is 203. The van der Waals surface area contributed by atoms with Crippen LogP contribution in [-0.2, 0) is 9.53 Å². The first-order valence-electron chi connectivity index (χ1n) is 5.72. The number of hydrogen-bond acceptors (Lipinski definition) is 3. The maximum absolute atomic E-state index is 11.4. The minimum atomic E-state index is -0.409. The van der Waals surface area contributed by atoms with E-state index in [4.69, 9.17) is 10.5 Å². The van der Waals surface area contributed by atoms with Crippen LogP contribution in [0.4, 0.5) is 0 Å². The maximum atomic E-state index is 11.4. The van der Waals surface area contributed by atoms with Crippen molar-refractivity contribution in [1.29, 1.82) is 0 Å². The van der Waals surface area contributed by atoms with Crippen molar-refractivity contribution in [3.63, 3.8) is 0 Å². The van der Waals surface area contributed by atoms with E-state index in [0.717, 1.165) is 12.5 Å². The number of carbonyl (C=O) groups is 1. The molecular weight excluding hydrogens is 192 g/mol. The number of rotatable bonds is 7. The van der Waals surface area contributed by atoms with Gasteiger partial charge in [0.1, 0.15) is 0 Å². The number of hydrogen-bond donors (Lipinski definition) is 2. The van der Waals surface area contributed by atoms with Gasteiger partial charge in [-0.1, -0.05) is 13.8 Å². The van der Waals surface area contributed by atoms with E-state index >= 15 is 0 Å². The number of amides is 1. The normalized spacial score (nSPS) is 17.9. The lowest BCUT2D eigenvalue weighted by atomic mass is 10.1. The highest BCUT2D eigenvalue weighted by molar-refractivity contribution is 5.81. The lowest BCUT2D eigenvalue weighted by Crippen LogP contribution is -2.44. The third-order valence-corrected chi connectivity index (χ3v) is 2.62. The van der Waals surface area contributed by atoms with Gasteiger partial charge in [0.2, 0.25) is 5.91 Å². The molecule has 1 saturated carbocycles. The van der Waals surface area contributed by atoms with Crippen molar-refractivity contribution < 1.29 is 9.53 Å². The molecular formula is C11H22N2O2. The Labute approximate surface area is 91.5 Å². The summed E-state index contributed by atoms with van der Waals surface area (Å²) < 4.78 is 5.39. The van der Waals surface area contributed by atoms with Crippen LogP contribution in [0.2, 0.25) is 0 Å². The first-order valence-corrected chi connectivity index (χ1v) is 5.72. The summed E-state index contributed by atoms with van der Waals surface area (Å²) in [7, 11) is 0. The van der Waals surface area contributed by atoms with Crippen LogP contribution in [0.5, 0.6) is 0 Å². The van der Waals surface area contributed by atoms with E-state index in [1.807, 2.05) is 13.8 Å². The van der Waals surface area contributed by atoms with Gasteiger partial charge in [-0.2, -0.15) is 0 Å². The average molecular weight is 214 g/mol. The molecule has 0 radical (unpaired) electrons. The highest BCUT2D eigenvalue weighted by Gasteiger charge is 2.21. The van der Waals surface area contributed by atoms with Crippen molar-refractivity contribution in [2.75, 3.05) is 19.8 Å². The van der Waals surface area contributed by atoms with E-state index in [1.165, 1.54) is 12.8 Å². The molecule has 0 spiro atoms. The average Bonchev–Trinajstić information content (AvgIpc) is 2.99. The first-order chi connectivity index (χ1) is 7.11. The van der Waals surface area contributed by atoms with Crippen molar-refractivity contribution in [2.24, 2.45) is 17.6 Å². The molecule has 1 atom stereocenters. The van der Waals surface area contributed by atoms with Gasteiger partial charge < -0.3 is 15.8 Å². The second kappa shape index (κ2) is 6.08. The van der Waals surface area contributed by atoms with Crippen LogP contribution in [0.3, 0.4) is 0 Å². The van der Waals surface area contributed by atoms with E-state index in [0.29, 0.717) is 13.2 Å². The van der Waals surface area contributed by atoms with E-state index < -0.39 is 6.04 Å². The van der Waals surface area contributed by atoms with Gasteiger partial charge in [0, 0.05) is 13.2 Å². The van der Waals surface area contributed by atoms with E-state index in [-0.39, 0.29) is 11.8 Å². The Morgan fingerprint density at radius 1 is 1.53 bits per heavy atom. The van der Waals surface area contributed by atoms with Gasteiger partial charge in [0.15, 0.2) is 0 Å². The third-order valence-electron chi connectivity index (χ3n) is 2.62. The molecule has 1 aliphatic carbocycles. The molecule has 1 aliphatic rings. The summed E-state index contributed by atoms with van der Waals surface area (Å²) in [5.41, 5.74) is 5.68. The molecule has 0 saturated heterocycles. The minimum Gasteiger partial charge on any atom is -0.379 e. The first kappa shape index (κ1) is 12.5. The standard InChI is InChI=1S/C11H22N2O2/c1-8(2)10(12)11(14)13-5-6-15-7-9-3-4-9/h8-10H,3-7,12H2,1-2H3,(H,13,14)/t10-/m1/s1. The zero-order valence-electron chi connectivity index (χ0n) is 9.66. The highest BCUT2D eigenvalue weighted by Crippen LogP contribution is 2.28. The third kappa shape index (κ3) is 5.14. The molecule has 1 rings (SSSR count). The van der Waals surface area contributed by atoms with E-state index in [2.05, 4.69) is 5.32 Å². The summed E-state index contributed by atoms with van der Waals surface area (Å²) in [6, 6.07) is -0.409. The second-order valence-electron chi connectivity index (χ2n) is 4.58. The van der Waals surface area contributed by atoms with Gasteiger partial charge in [-0.3, -0.25) is 4.79 Å². The molecule has 0 aromatic heterocycles. The number of ether oxygens (including phenoxy) is 1. The Morgan fingerprint density at radius 3 is 2.73 bits per heavy atom. The van der Waals surface area contributed by atoms with Gasteiger partial charge in [-0.05, 0) is 24.7 Å². The van der Waals surface area contributed by atoms with Crippen LogP contribution in [0.25, 0.3) is 0 Å². The van der Waals surface area contributed by atoms with Gasteiger partial charge in [0.25, 0.3) is 0 Å². The molecule has 0 aromatic carbocycles. The lowest BCUT2D eigenvalue weighted by Gasteiger charge is -2.15. The molecule has 4 heteroatoms. The van der Waals surface area contributed by atoms with Crippen LogP contribution in [0, 0.1) is 11.8 Å². The minimum absolute atomic E-state index is 0.0833. The number of nitrogens with two attached hydrogens (primary N) is 1. The molecule has 0 heterocycles. The van der Waals surface area contributed by atoms with Crippen LogP contribution in [-0.4, -0.2) is 31.7 Å². The van der Waals surface area contributed by atoms with Gasteiger partial charge in [0.05, 0.1) is 12.6 Å². The van der Waals surface area contributed by atoms with Gasteiger partial charge >= 0.3 is 0 Å². The topological polar surface area (TPSA) is 64.4 Å². The molecule has 1 fully saturated rings. The van der Waals surface area contributed by atoms with Crippen LogP contribution in [0.15, 0.2) is 0 Å². The molecule has 3 N–H and O–H groups in total. The number of carbonyl (C=O) groups excluding carboxylic acids is 1. The predicted octanol–water partition coefficient (Wildman–Crippen LogP) is 0.513. The molecule has 88 valence electrons. The highest BCUT2D eigenvalue weighted by atomic mass is 16.5. The summed E-state index contributed by atoms with van der Waals surface area (Å²) in [6.07, 6.45) is 2.59. The fourth-order valence-corrected chi connectivity index (χ4v) is 1.20. The van der Waals surface area contributed by atoms with Crippen molar-refractivity contribution in [1.82, 2.24) is 5.32 Å². The Morgan fingerprint density at radius 2 is 2.20 bits per heavy atom. The van der Waals surface area contributed by atoms with Crippen molar-refractivity contribution in [2.45, 2.75) is 32.7 Å². The van der Waals surface area contributed by atoms with Crippen LogP contribution < -0.4 is 11.1 Å². The fourth-order valence-electron chi connectivity index (χ4n) is 1.20. The molecule has 0 bridgehead atoms. The van der Waals surface area contributed by atoms with Gasteiger partial charge in [-0.25, -0.2) is 0 Å². The van der Waals surface area contributed by atoms with Crippen LogP contribution >= 0.6 is 0 Å². The zero-order valence-corrected chi connectivity index (χ0v) is 9.66. The molecule has 1 amide bonds. The van der Waals surface area contributed by atoms with E-state index in [1.54, 1.807) is 0 Å². The van der Waals surface area contributed by atoms with Crippen molar-refractivity contribution >= 4 is 5.91 Å². The summed E-state index contributed by atoms with van der Waals surface area (Å²) >= 11 is 0.